The molecule has 2 bridgehead atoms. The Bertz CT molecular complexity index is 633. The number of fused-ring (bicyclic) bond motifs is 2. The molecule has 0 spiro atoms. The molecular formula is C20H28FNO3. The van der Waals surface area contributed by atoms with Gasteiger partial charge in [-0.1, -0.05) is 6.07 Å². The van der Waals surface area contributed by atoms with Gasteiger partial charge in [-0.3, -0.25) is 0 Å². The van der Waals surface area contributed by atoms with Gasteiger partial charge in [0.1, 0.15) is 11.4 Å². The van der Waals surface area contributed by atoms with Crippen LogP contribution in [0.15, 0.2) is 18.2 Å². The van der Waals surface area contributed by atoms with Crippen LogP contribution in [0.2, 0.25) is 0 Å². The van der Waals surface area contributed by atoms with E-state index in [1.807, 2.05) is 38.7 Å². The lowest BCUT2D eigenvalue weighted by Crippen LogP contribution is -2.59. The van der Waals surface area contributed by atoms with E-state index in [0.717, 1.165) is 24.8 Å². The lowest BCUT2D eigenvalue weighted by atomic mass is 9.72. The van der Waals surface area contributed by atoms with Crippen LogP contribution in [0.5, 0.6) is 0 Å². The molecule has 5 heteroatoms. The third-order valence-electron chi connectivity index (χ3n) is 5.19. The summed E-state index contributed by atoms with van der Waals surface area (Å²) < 4.78 is 19.4. The smallest absolute Gasteiger partial charge is 0.410 e. The van der Waals surface area contributed by atoms with Gasteiger partial charge in [0.2, 0.25) is 0 Å². The van der Waals surface area contributed by atoms with Crippen molar-refractivity contribution in [1.29, 1.82) is 0 Å². The molecule has 25 heavy (non-hydrogen) atoms. The molecule has 2 aliphatic heterocycles. The summed E-state index contributed by atoms with van der Waals surface area (Å²) in [5, 5.41) is 11.3. The monoisotopic (exact) mass is 349 g/mol. The minimum Gasteiger partial charge on any atom is -0.444 e. The Balaban J connectivity index is 1.86. The standard InChI is InChI=1S/C20H28FNO3/c1-13-8-14(10-15(21)9-13)20(24)11-16-6-5-7-17(12-20)22(16)18(23)25-19(2,3)4/h8-10,16-17,24H,5-7,11-12H2,1-4H3. The molecule has 1 amide bonds. The Morgan fingerprint density at radius 2 is 1.84 bits per heavy atom. The summed E-state index contributed by atoms with van der Waals surface area (Å²) in [4.78, 5) is 14.5. The van der Waals surface area contributed by atoms with Crippen molar-refractivity contribution < 1.29 is 19.0 Å². The number of amides is 1. The first kappa shape index (κ1) is 18.2. The summed E-state index contributed by atoms with van der Waals surface area (Å²) in [5.41, 5.74) is -0.228. The zero-order chi connectivity index (χ0) is 18.4. The second-order valence-corrected chi connectivity index (χ2v) is 8.58. The van der Waals surface area contributed by atoms with Gasteiger partial charge in [0, 0.05) is 24.9 Å². The highest BCUT2D eigenvalue weighted by atomic mass is 19.1. The van der Waals surface area contributed by atoms with Crippen LogP contribution >= 0.6 is 0 Å². The van der Waals surface area contributed by atoms with Gasteiger partial charge in [0.05, 0.1) is 5.60 Å². The fraction of sp³-hybridized carbons (Fsp3) is 0.650. The molecule has 138 valence electrons. The largest absolute Gasteiger partial charge is 0.444 e. The van der Waals surface area contributed by atoms with Crippen LogP contribution in [-0.4, -0.2) is 33.8 Å². The minimum absolute atomic E-state index is 0.0732. The quantitative estimate of drug-likeness (QED) is 0.823. The van der Waals surface area contributed by atoms with Crippen molar-refractivity contribution in [3.8, 4) is 0 Å². The Hall–Kier alpha value is -1.62. The van der Waals surface area contributed by atoms with Crippen molar-refractivity contribution in [2.75, 3.05) is 0 Å². The minimum atomic E-state index is -1.10. The average Bonchev–Trinajstić information content (AvgIpc) is 2.43. The number of hydrogen-bond donors (Lipinski definition) is 1. The number of hydrogen-bond acceptors (Lipinski definition) is 3. The van der Waals surface area contributed by atoms with E-state index < -0.39 is 11.2 Å². The third kappa shape index (κ3) is 3.81. The van der Waals surface area contributed by atoms with Gasteiger partial charge < -0.3 is 14.7 Å². The number of benzene rings is 1. The maximum absolute atomic E-state index is 13.8. The summed E-state index contributed by atoms with van der Waals surface area (Å²) in [6, 6.07) is 4.59. The zero-order valence-corrected chi connectivity index (χ0v) is 15.5. The molecule has 1 aromatic rings. The molecule has 2 heterocycles. The molecule has 2 saturated heterocycles. The Labute approximate surface area is 149 Å². The number of halogens is 1. The molecule has 1 aromatic carbocycles. The fourth-order valence-electron chi connectivity index (χ4n) is 4.28. The third-order valence-corrected chi connectivity index (χ3v) is 5.19. The maximum atomic E-state index is 13.8. The van der Waals surface area contributed by atoms with Crippen molar-refractivity contribution in [3.05, 3.63) is 35.1 Å². The number of piperidine rings is 2. The highest BCUT2D eigenvalue weighted by molar-refractivity contribution is 5.69. The van der Waals surface area contributed by atoms with Gasteiger partial charge in [-0.2, -0.15) is 0 Å². The number of carbonyl (C=O) groups excluding carboxylic acids is 1. The molecular weight excluding hydrogens is 321 g/mol. The van der Waals surface area contributed by atoms with Crippen LogP contribution in [0, 0.1) is 12.7 Å². The second kappa shape index (κ2) is 6.27. The van der Waals surface area contributed by atoms with Crippen LogP contribution in [0.25, 0.3) is 0 Å². The predicted octanol–water partition coefficient (Wildman–Crippen LogP) is 4.27. The number of aliphatic hydroxyl groups is 1. The molecule has 0 saturated carbocycles. The van der Waals surface area contributed by atoms with Gasteiger partial charge >= 0.3 is 6.09 Å². The van der Waals surface area contributed by atoms with Gasteiger partial charge in [-0.25, -0.2) is 9.18 Å². The highest BCUT2D eigenvalue weighted by Gasteiger charge is 2.49. The first-order chi connectivity index (χ1) is 11.6. The first-order valence-electron chi connectivity index (χ1n) is 9.09. The van der Waals surface area contributed by atoms with Crippen LogP contribution in [0.1, 0.15) is 64.0 Å². The van der Waals surface area contributed by atoms with Crippen molar-refractivity contribution in [3.63, 3.8) is 0 Å². The molecule has 4 nitrogen and oxygen atoms in total. The van der Waals surface area contributed by atoms with Gasteiger partial charge in [0.15, 0.2) is 0 Å². The van der Waals surface area contributed by atoms with E-state index in [1.54, 1.807) is 0 Å². The van der Waals surface area contributed by atoms with E-state index >= 15 is 0 Å². The molecule has 0 radical (unpaired) electrons. The number of aryl methyl sites for hydroxylation is 1. The fourth-order valence-corrected chi connectivity index (χ4v) is 4.28. The van der Waals surface area contributed by atoms with Crippen LogP contribution < -0.4 is 0 Å². The maximum Gasteiger partial charge on any atom is 0.410 e. The highest BCUT2D eigenvalue weighted by Crippen LogP contribution is 2.45. The number of ether oxygens (including phenoxy) is 1. The van der Waals surface area contributed by atoms with Crippen LogP contribution in [-0.2, 0) is 10.3 Å². The van der Waals surface area contributed by atoms with Crippen molar-refractivity contribution in [2.45, 2.75) is 83.1 Å². The Kier molecular flexibility index (Phi) is 4.56. The zero-order valence-electron chi connectivity index (χ0n) is 15.5. The number of nitrogens with zero attached hydrogens (tertiary/aromatic N) is 1. The second-order valence-electron chi connectivity index (χ2n) is 8.58. The normalized spacial score (nSPS) is 29.4. The van der Waals surface area contributed by atoms with Crippen molar-refractivity contribution in [2.24, 2.45) is 0 Å². The van der Waals surface area contributed by atoms with E-state index in [1.165, 1.54) is 12.1 Å². The summed E-state index contributed by atoms with van der Waals surface area (Å²) in [6.45, 7) is 7.40. The molecule has 2 aliphatic rings. The molecule has 2 fully saturated rings. The van der Waals surface area contributed by atoms with Gasteiger partial charge in [-0.05, 0) is 70.2 Å². The molecule has 2 atom stereocenters. The number of rotatable bonds is 1. The van der Waals surface area contributed by atoms with E-state index in [-0.39, 0.29) is 24.0 Å². The lowest BCUT2D eigenvalue weighted by Gasteiger charge is -2.52. The SMILES string of the molecule is Cc1cc(F)cc(C2(O)CC3CCCC(C2)N3C(=O)OC(C)(C)C)c1. The summed E-state index contributed by atoms with van der Waals surface area (Å²) in [7, 11) is 0. The molecule has 1 N–H and O–H groups in total. The molecule has 2 unspecified atom stereocenters. The number of carbonyl (C=O) groups is 1. The predicted molar refractivity (Wildman–Crippen MR) is 93.8 cm³/mol. The van der Waals surface area contributed by atoms with Gasteiger partial charge in [0.25, 0.3) is 0 Å². The van der Waals surface area contributed by atoms with E-state index in [9.17, 15) is 14.3 Å². The summed E-state index contributed by atoms with van der Waals surface area (Å²) in [6.07, 6.45) is 3.25. The van der Waals surface area contributed by atoms with E-state index in [4.69, 9.17) is 4.74 Å². The summed E-state index contributed by atoms with van der Waals surface area (Å²) >= 11 is 0. The summed E-state index contributed by atoms with van der Waals surface area (Å²) in [5.74, 6) is -0.330. The molecule has 3 rings (SSSR count). The topological polar surface area (TPSA) is 49.8 Å². The average molecular weight is 349 g/mol. The first-order valence-corrected chi connectivity index (χ1v) is 9.09. The Morgan fingerprint density at radius 1 is 1.24 bits per heavy atom. The van der Waals surface area contributed by atoms with Crippen molar-refractivity contribution in [1.82, 2.24) is 4.90 Å². The lowest BCUT2D eigenvalue weighted by molar-refractivity contribution is -0.0966. The van der Waals surface area contributed by atoms with Gasteiger partial charge in [-0.15, -0.1) is 0 Å². The van der Waals surface area contributed by atoms with Crippen LogP contribution in [0.3, 0.4) is 0 Å². The van der Waals surface area contributed by atoms with Crippen molar-refractivity contribution >= 4 is 6.09 Å². The van der Waals surface area contributed by atoms with E-state index in [2.05, 4.69) is 0 Å². The molecule has 0 aromatic heterocycles. The van der Waals surface area contributed by atoms with Crippen LogP contribution in [0.4, 0.5) is 9.18 Å². The molecule has 0 aliphatic carbocycles. The Morgan fingerprint density at radius 3 is 2.36 bits per heavy atom. The van der Waals surface area contributed by atoms with E-state index in [0.29, 0.717) is 18.4 Å².